The van der Waals surface area contributed by atoms with Crippen molar-refractivity contribution in [3.05, 3.63) is 32.4 Å². The van der Waals surface area contributed by atoms with Gasteiger partial charge in [0.05, 0.1) is 12.2 Å². The molecule has 2 rings (SSSR count). The summed E-state index contributed by atoms with van der Waals surface area (Å²) in [4.78, 5) is 12.2. The van der Waals surface area contributed by atoms with Gasteiger partial charge in [0.1, 0.15) is 0 Å². The Kier molecular flexibility index (Phi) is 5.09. The maximum atomic E-state index is 12.2. The number of carbonyl (C=O) groups is 1. The molecule has 0 bridgehead atoms. The van der Waals surface area contributed by atoms with Crippen LogP contribution in [0.4, 0.5) is 0 Å². The first-order chi connectivity index (χ1) is 9.06. The summed E-state index contributed by atoms with van der Waals surface area (Å²) in [6.07, 6.45) is 4.23. The van der Waals surface area contributed by atoms with Gasteiger partial charge >= 0.3 is 0 Å². The largest absolute Gasteiger partial charge is 0.396 e. The van der Waals surface area contributed by atoms with Gasteiger partial charge in [-0.25, -0.2) is 0 Å². The van der Waals surface area contributed by atoms with Gasteiger partial charge in [-0.3, -0.25) is 4.79 Å². The maximum absolute atomic E-state index is 12.2. The van der Waals surface area contributed by atoms with Crippen LogP contribution in [-0.2, 0) is 0 Å². The smallest absolute Gasteiger partial charge is 0.252 e. The molecule has 0 unspecified atom stereocenters. The first-order valence-corrected chi connectivity index (χ1v) is 7.86. The van der Waals surface area contributed by atoms with Crippen LogP contribution in [0.3, 0.4) is 0 Å². The Morgan fingerprint density at radius 1 is 1.42 bits per heavy atom. The summed E-state index contributed by atoms with van der Waals surface area (Å²) in [7, 11) is 0. The van der Waals surface area contributed by atoms with Crippen LogP contribution in [0.25, 0.3) is 0 Å². The van der Waals surface area contributed by atoms with Gasteiger partial charge in [0, 0.05) is 20.6 Å². The fourth-order valence-corrected chi connectivity index (χ4v) is 3.30. The number of rotatable bonds is 4. The Bertz CT molecular complexity index is 473. The van der Waals surface area contributed by atoms with Gasteiger partial charge in [-0.1, -0.05) is 24.4 Å². The van der Waals surface area contributed by atoms with Crippen molar-refractivity contribution in [1.82, 2.24) is 5.32 Å². The van der Waals surface area contributed by atoms with Crippen LogP contribution < -0.4 is 5.32 Å². The molecule has 0 atom stereocenters. The molecule has 5 heteroatoms. The lowest BCUT2D eigenvalue weighted by Gasteiger charge is -2.26. The van der Waals surface area contributed by atoms with Crippen LogP contribution in [0.1, 0.15) is 36.0 Å². The van der Waals surface area contributed by atoms with Crippen LogP contribution in [0.15, 0.2) is 18.2 Å². The SMILES string of the molecule is O=C(NCC1(CO)CCCC1)c1cc(Cl)ccc1I. The Hall–Kier alpha value is -0.330. The molecule has 0 saturated heterocycles. The van der Waals surface area contributed by atoms with Crippen molar-refractivity contribution in [1.29, 1.82) is 0 Å². The summed E-state index contributed by atoms with van der Waals surface area (Å²) in [6, 6.07) is 5.28. The van der Waals surface area contributed by atoms with E-state index in [2.05, 4.69) is 27.9 Å². The van der Waals surface area contributed by atoms with E-state index in [1.165, 1.54) is 0 Å². The van der Waals surface area contributed by atoms with E-state index in [0.717, 1.165) is 29.3 Å². The summed E-state index contributed by atoms with van der Waals surface area (Å²) >= 11 is 8.04. The molecule has 1 fully saturated rings. The molecule has 0 aromatic heterocycles. The van der Waals surface area contributed by atoms with E-state index in [1.807, 2.05) is 6.07 Å². The number of amides is 1. The van der Waals surface area contributed by atoms with Crippen molar-refractivity contribution in [2.75, 3.05) is 13.2 Å². The molecular weight excluding hydrogens is 377 g/mol. The number of carbonyl (C=O) groups excluding carboxylic acids is 1. The first-order valence-electron chi connectivity index (χ1n) is 6.40. The average Bonchev–Trinajstić information content (AvgIpc) is 2.88. The molecule has 104 valence electrons. The highest BCUT2D eigenvalue weighted by atomic mass is 127. The van der Waals surface area contributed by atoms with Crippen molar-refractivity contribution < 1.29 is 9.90 Å². The molecule has 1 aromatic carbocycles. The lowest BCUT2D eigenvalue weighted by Crippen LogP contribution is -2.38. The molecule has 0 aliphatic heterocycles. The van der Waals surface area contributed by atoms with Gasteiger partial charge in [0.25, 0.3) is 5.91 Å². The van der Waals surface area contributed by atoms with E-state index in [9.17, 15) is 9.90 Å². The average molecular weight is 394 g/mol. The van der Waals surface area contributed by atoms with E-state index in [1.54, 1.807) is 12.1 Å². The maximum Gasteiger partial charge on any atom is 0.252 e. The highest BCUT2D eigenvalue weighted by Crippen LogP contribution is 2.37. The molecule has 3 nitrogen and oxygen atoms in total. The lowest BCUT2D eigenvalue weighted by atomic mass is 9.87. The molecule has 1 aliphatic carbocycles. The van der Waals surface area contributed by atoms with Crippen molar-refractivity contribution in [2.24, 2.45) is 5.41 Å². The number of benzene rings is 1. The number of aliphatic hydroxyl groups is 1. The van der Waals surface area contributed by atoms with Gasteiger partial charge in [-0.15, -0.1) is 0 Å². The second kappa shape index (κ2) is 6.41. The summed E-state index contributed by atoms with van der Waals surface area (Å²) in [5.41, 5.74) is 0.471. The molecule has 1 aliphatic rings. The van der Waals surface area contributed by atoms with Crippen LogP contribution in [0.2, 0.25) is 5.02 Å². The second-order valence-corrected chi connectivity index (χ2v) is 6.77. The topological polar surface area (TPSA) is 49.3 Å². The normalized spacial score (nSPS) is 17.4. The minimum absolute atomic E-state index is 0.119. The molecule has 19 heavy (non-hydrogen) atoms. The fourth-order valence-electron chi connectivity index (χ4n) is 2.55. The molecule has 0 heterocycles. The van der Waals surface area contributed by atoms with Gasteiger partial charge in [0.2, 0.25) is 0 Å². The van der Waals surface area contributed by atoms with E-state index in [0.29, 0.717) is 17.1 Å². The summed E-state index contributed by atoms with van der Waals surface area (Å²) < 4.78 is 0.879. The summed E-state index contributed by atoms with van der Waals surface area (Å²) in [6.45, 7) is 0.671. The van der Waals surface area contributed by atoms with E-state index in [4.69, 9.17) is 11.6 Å². The Labute approximate surface area is 131 Å². The number of aliphatic hydroxyl groups excluding tert-OH is 1. The standard InChI is InChI=1S/C14H17ClINO2/c15-10-3-4-12(16)11(7-10)13(19)17-8-14(9-18)5-1-2-6-14/h3-4,7,18H,1-2,5-6,8-9H2,(H,17,19). The van der Waals surface area contributed by atoms with Crippen LogP contribution in [0.5, 0.6) is 0 Å². The number of halogens is 2. The number of nitrogens with one attached hydrogen (secondary N) is 1. The van der Waals surface area contributed by atoms with E-state index in [-0.39, 0.29) is 17.9 Å². The predicted molar refractivity (Wildman–Crippen MR) is 84.5 cm³/mol. The lowest BCUT2D eigenvalue weighted by molar-refractivity contribution is 0.0880. The quantitative estimate of drug-likeness (QED) is 0.772. The second-order valence-electron chi connectivity index (χ2n) is 5.17. The van der Waals surface area contributed by atoms with Crippen molar-refractivity contribution >= 4 is 40.1 Å². The first kappa shape index (κ1) is 15.1. The van der Waals surface area contributed by atoms with Crippen molar-refractivity contribution in [2.45, 2.75) is 25.7 Å². The van der Waals surface area contributed by atoms with Gasteiger partial charge < -0.3 is 10.4 Å². The van der Waals surface area contributed by atoms with Crippen LogP contribution >= 0.6 is 34.2 Å². The predicted octanol–water partition coefficient (Wildman–Crippen LogP) is 3.23. The van der Waals surface area contributed by atoms with Gasteiger partial charge in [0.15, 0.2) is 0 Å². The zero-order valence-electron chi connectivity index (χ0n) is 10.6. The third-order valence-electron chi connectivity index (χ3n) is 3.80. The Morgan fingerprint density at radius 3 is 2.74 bits per heavy atom. The Morgan fingerprint density at radius 2 is 2.11 bits per heavy atom. The molecule has 1 amide bonds. The molecule has 2 N–H and O–H groups in total. The van der Waals surface area contributed by atoms with Crippen LogP contribution in [-0.4, -0.2) is 24.2 Å². The Balaban J connectivity index is 2.03. The number of hydrogen-bond acceptors (Lipinski definition) is 2. The highest BCUT2D eigenvalue weighted by molar-refractivity contribution is 14.1. The minimum Gasteiger partial charge on any atom is -0.396 e. The zero-order valence-corrected chi connectivity index (χ0v) is 13.5. The number of hydrogen-bond donors (Lipinski definition) is 2. The monoisotopic (exact) mass is 393 g/mol. The zero-order chi connectivity index (χ0) is 13.9. The van der Waals surface area contributed by atoms with E-state index >= 15 is 0 Å². The highest BCUT2D eigenvalue weighted by Gasteiger charge is 2.33. The van der Waals surface area contributed by atoms with Gasteiger partial charge in [-0.2, -0.15) is 0 Å². The molecule has 0 radical (unpaired) electrons. The molecule has 1 saturated carbocycles. The fraction of sp³-hybridized carbons (Fsp3) is 0.500. The van der Waals surface area contributed by atoms with Crippen molar-refractivity contribution in [3.8, 4) is 0 Å². The minimum atomic E-state index is -0.125. The van der Waals surface area contributed by atoms with Crippen LogP contribution in [0, 0.1) is 8.99 Å². The molecule has 0 spiro atoms. The van der Waals surface area contributed by atoms with E-state index < -0.39 is 0 Å². The third-order valence-corrected chi connectivity index (χ3v) is 4.97. The summed E-state index contributed by atoms with van der Waals surface area (Å²) in [5, 5.41) is 13.0. The molecular formula is C14H17ClINO2. The third kappa shape index (κ3) is 3.61. The van der Waals surface area contributed by atoms with Crippen molar-refractivity contribution in [3.63, 3.8) is 0 Å². The molecule has 1 aromatic rings. The van der Waals surface area contributed by atoms with Gasteiger partial charge in [-0.05, 0) is 53.6 Å². The summed E-state index contributed by atoms with van der Waals surface area (Å²) in [5.74, 6) is -0.119.